The van der Waals surface area contributed by atoms with Crippen molar-refractivity contribution < 1.29 is 18.3 Å². The van der Waals surface area contributed by atoms with E-state index in [9.17, 15) is 8.78 Å². The minimum Gasteiger partial charge on any atom is -0.493 e. The summed E-state index contributed by atoms with van der Waals surface area (Å²) in [4.78, 5) is 0. The second-order valence-corrected chi connectivity index (χ2v) is 3.37. The first-order chi connectivity index (χ1) is 8.69. The summed E-state index contributed by atoms with van der Waals surface area (Å²) in [7, 11) is 1.38. The van der Waals surface area contributed by atoms with Crippen molar-refractivity contribution in [2.75, 3.05) is 7.11 Å². The van der Waals surface area contributed by atoms with Crippen molar-refractivity contribution in [1.82, 2.24) is 20.2 Å². The van der Waals surface area contributed by atoms with Crippen LogP contribution in [-0.2, 0) is 6.54 Å². The number of alkyl halides is 2. The van der Waals surface area contributed by atoms with Gasteiger partial charge in [0, 0.05) is 0 Å². The smallest absolute Gasteiger partial charge is 0.387 e. The molecule has 8 heteroatoms. The fourth-order valence-corrected chi connectivity index (χ4v) is 1.44. The maximum absolute atomic E-state index is 12.1. The minimum atomic E-state index is -2.88. The van der Waals surface area contributed by atoms with Crippen LogP contribution in [0.4, 0.5) is 8.78 Å². The number of hydrogen-bond acceptors (Lipinski definition) is 5. The highest BCUT2D eigenvalue weighted by Crippen LogP contribution is 2.29. The van der Waals surface area contributed by atoms with Gasteiger partial charge in [-0.15, -0.1) is 5.10 Å². The molecule has 0 unspecified atom stereocenters. The van der Waals surface area contributed by atoms with Crippen LogP contribution < -0.4 is 9.47 Å². The quantitative estimate of drug-likeness (QED) is 0.807. The van der Waals surface area contributed by atoms with E-state index in [1.165, 1.54) is 24.2 Å². The standard InChI is InChI=1S/C10H10F2N4O2/c1-17-9-4-7(5-16-6-13-14-15-16)2-3-8(9)18-10(11)12/h2-4,6,10H,5H2,1H3. The summed E-state index contributed by atoms with van der Waals surface area (Å²) in [5.74, 6) is 0.230. The first kappa shape index (κ1) is 12.2. The highest BCUT2D eigenvalue weighted by Gasteiger charge is 2.11. The highest BCUT2D eigenvalue weighted by molar-refractivity contribution is 5.43. The third-order valence-electron chi connectivity index (χ3n) is 2.18. The second-order valence-electron chi connectivity index (χ2n) is 3.37. The van der Waals surface area contributed by atoms with Gasteiger partial charge in [0.2, 0.25) is 0 Å². The fourth-order valence-electron chi connectivity index (χ4n) is 1.44. The molecule has 0 saturated heterocycles. The van der Waals surface area contributed by atoms with Crippen molar-refractivity contribution in [1.29, 1.82) is 0 Å². The van der Waals surface area contributed by atoms with E-state index in [0.29, 0.717) is 6.54 Å². The number of hydrogen-bond donors (Lipinski definition) is 0. The van der Waals surface area contributed by atoms with Gasteiger partial charge in [-0.2, -0.15) is 8.78 Å². The molecule has 0 spiro atoms. The van der Waals surface area contributed by atoms with Crippen LogP contribution in [0.5, 0.6) is 11.5 Å². The van der Waals surface area contributed by atoms with Crippen LogP contribution in [-0.4, -0.2) is 33.9 Å². The number of nitrogens with zero attached hydrogens (tertiary/aromatic N) is 4. The van der Waals surface area contributed by atoms with Crippen LogP contribution in [0.25, 0.3) is 0 Å². The van der Waals surface area contributed by atoms with Gasteiger partial charge in [0.05, 0.1) is 13.7 Å². The SMILES string of the molecule is COc1cc(Cn2cnnn2)ccc1OC(F)F. The Morgan fingerprint density at radius 2 is 2.17 bits per heavy atom. The number of halogens is 2. The molecule has 0 bridgehead atoms. The molecule has 6 nitrogen and oxygen atoms in total. The van der Waals surface area contributed by atoms with Crippen LogP contribution in [0.3, 0.4) is 0 Å². The normalized spacial score (nSPS) is 10.7. The summed E-state index contributed by atoms with van der Waals surface area (Å²) >= 11 is 0. The summed E-state index contributed by atoms with van der Waals surface area (Å²) in [5, 5.41) is 10.7. The van der Waals surface area contributed by atoms with Crippen molar-refractivity contribution in [3.05, 3.63) is 30.1 Å². The maximum Gasteiger partial charge on any atom is 0.387 e. The molecule has 0 aliphatic heterocycles. The van der Waals surface area contributed by atoms with E-state index in [2.05, 4.69) is 20.3 Å². The molecule has 0 atom stereocenters. The minimum absolute atomic E-state index is 0.00651. The van der Waals surface area contributed by atoms with E-state index in [1.807, 2.05) is 0 Å². The van der Waals surface area contributed by atoms with Crippen LogP contribution in [0.2, 0.25) is 0 Å². The summed E-state index contributed by atoms with van der Waals surface area (Å²) in [6.45, 7) is -2.47. The predicted octanol–water partition coefficient (Wildman–Crippen LogP) is 1.33. The molecule has 2 aromatic rings. The lowest BCUT2D eigenvalue weighted by atomic mass is 10.2. The lowest BCUT2D eigenvalue weighted by Gasteiger charge is -2.11. The number of ether oxygens (including phenoxy) is 2. The Hall–Kier alpha value is -2.25. The van der Waals surface area contributed by atoms with Gasteiger partial charge in [-0.1, -0.05) is 6.07 Å². The molecule has 0 fully saturated rings. The number of aromatic nitrogens is 4. The molecule has 0 radical (unpaired) electrons. The molecule has 0 N–H and O–H groups in total. The first-order valence-corrected chi connectivity index (χ1v) is 5.01. The number of methoxy groups -OCH3 is 1. The summed E-state index contributed by atoms with van der Waals surface area (Å²) in [5.41, 5.74) is 0.806. The van der Waals surface area contributed by atoms with Crippen molar-refractivity contribution in [2.24, 2.45) is 0 Å². The summed E-state index contributed by atoms with van der Waals surface area (Å²) < 4.78 is 35.1. The first-order valence-electron chi connectivity index (χ1n) is 5.01. The molecule has 96 valence electrons. The topological polar surface area (TPSA) is 62.1 Å². The van der Waals surface area contributed by atoms with Crippen LogP contribution in [0, 0.1) is 0 Å². The van der Waals surface area contributed by atoms with Crippen molar-refractivity contribution >= 4 is 0 Å². The van der Waals surface area contributed by atoms with Gasteiger partial charge < -0.3 is 9.47 Å². The monoisotopic (exact) mass is 256 g/mol. The Morgan fingerprint density at radius 3 is 2.78 bits per heavy atom. The van der Waals surface area contributed by atoms with E-state index in [-0.39, 0.29) is 11.5 Å². The third-order valence-corrected chi connectivity index (χ3v) is 2.18. The predicted molar refractivity (Wildman–Crippen MR) is 56.5 cm³/mol. The molecule has 18 heavy (non-hydrogen) atoms. The average Bonchev–Trinajstić information content (AvgIpc) is 2.83. The zero-order chi connectivity index (χ0) is 13.0. The Balaban J connectivity index is 2.18. The molecule has 1 aromatic carbocycles. The molecular formula is C10H10F2N4O2. The van der Waals surface area contributed by atoms with Gasteiger partial charge in [0.15, 0.2) is 11.5 Å². The van der Waals surface area contributed by atoms with E-state index in [1.54, 1.807) is 12.1 Å². The largest absolute Gasteiger partial charge is 0.493 e. The number of benzene rings is 1. The Morgan fingerprint density at radius 1 is 1.33 bits per heavy atom. The van der Waals surface area contributed by atoms with Gasteiger partial charge in [-0.3, -0.25) is 0 Å². The molecule has 1 heterocycles. The van der Waals surface area contributed by atoms with Gasteiger partial charge >= 0.3 is 6.61 Å². The van der Waals surface area contributed by atoms with Crippen LogP contribution >= 0.6 is 0 Å². The fraction of sp³-hybridized carbons (Fsp3) is 0.300. The maximum atomic E-state index is 12.1. The van der Waals surface area contributed by atoms with Crippen LogP contribution in [0.1, 0.15) is 5.56 Å². The molecule has 2 rings (SSSR count). The summed E-state index contributed by atoms with van der Waals surface area (Å²) in [6.07, 6.45) is 1.45. The molecule has 0 amide bonds. The zero-order valence-electron chi connectivity index (χ0n) is 9.46. The van der Waals surface area contributed by atoms with Crippen molar-refractivity contribution in [3.63, 3.8) is 0 Å². The highest BCUT2D eigenvalue weighted by atomic mass is 19.3. The zero-order valence-corrected chi connectivity index (χ0v) is 9.46. The second kappa shape index (κ2) is 5.39. The molecular weight excluding hydrogens is 246 g/mol. The van der Waals surface area contributed by atoms with Gasteiger partial charge in [0.1, 0.15) is 6.33 Å². The van der Waals surface area contributed by atoms with Gasteiger partial charge in [-0.25, -0.2) is 4.68 Å². The third kappa shape index (κ3) is 2.90. The van der Waals surface area contributed by atoms with Crippen molar-refractivity contribution in [3.8, 4) is 11.5 Å². The van der Waals surface area contributed by atoms with E-state index in [4.69, 9.17) is 4.74 Å². The lowest BCUT2D eigenvalue weighted by Crippen LogP contribution is -2.05. The Kier molecular flexibility index (Phi) is 3.66. The van der Waals surface area contributed by atoms with E-state index < -0.39 is 6.61 Å². The Labute approximate surface area is 101 Å². The van der Waals surface area contributed by atoms with Gasteiger partial charge in [-0.05, 0) is 28.1 Å². The number of tetrazole rings is 1. The molecule has 0 aliphatic carbocycles. The van der Waals surface area contributed by atoms with E-state index >= 15 is 0 Å². The average molecular weight is 256 g/mol. The molecule has 1 aromatic heterocycles. The van der Waals surface area contributed by atoms with Crippen LogP contribution in [0.15, 0.2) is 24.5 Å². The Bertz CT molecular complexity index is 505. The molecule has 0 aliphatic rings. The molecule has 0 saturated carbocycles. The van der Waals surface area contributed by atoms with E-state index in [0.717, 1.165) is 5.56 Å². The van der Waals surface area contributed by atoms with Crippen molar-refractivity contribution in [2.45, 2.75) is 13.2 Å². The van der Waals surface area contributed by atoms with Gasteiger partial charge in [0.25, 0.3) is 0 Å². The number of rotatable bonds is 5. The lowest BCUT2D eigenvalue weighted by molar-refractivity contribution is -0.0512. The summed E-state index contributed by atoms with van der Waals surface area (Å²) in [6, 6.07) is 4.66.